The van der Waals surface area contributed by atoms with Crippen molar-refractivity contribution < 1.29 is 0 Å². The molecule has 0 nitrogen and oxygen atoms in total. The van der Waals surface area contributed by atoms with Crippen molar-refractivity contribution in [3.05, 3.63) is 144 Å². The molecule has 0 fully saturated rings. The highest BCUT2D eigenvalue weighted by molar-refractivity contribution is 7.19. The van der Waals surface area contributed by atoms with E-state index in [0.29, 0.717) is 5.16 Å². The largest absolute Gasteiger partial charge is 0.147 e. The van der Waals surface area contributed by atoms with Gasteiger partial charge in [0.25, 0.3) is 0 Å². The molecule has 4 aromatic rings. The minimum absolute atomic E-state index is 0. The van der Waals surface area contributed by atoms with Crippen molar-refractivity contribution >= 4 is 43.3 Å². The molecule has 4 heteroatoms. The Bertz CT molecular complexity index is 1280. The van der Waals surface area contributed by atoms with Crippen molar-refractivity contribution in [1.29, 1.82) is 0 Å². The zero-order valence-corrected chi connectivity index (χ0v) is 31.0. The number of rotatable bonds is 14. The van der Waals surface area contributed by atoms with Crippen LogP contribution in [0.5, 0.6) is 0 Å². The summed E-state index contributed by atoms with van der Waals surface area (Å²) in [7, 11) is 6.27. The fourth-order valence-corrected chi connectivity index (χ4v) is 6.87. The molecule has 238 valence electrons. The van der Waals surface area contributed by atoms with Gasteiger partial charge in [-0.05, 0) is 53.5 Å². The summed E-state index contributed by atoms with van der Waals surface area (Å²) in [5.74, 6) is 0. The monoisotopic (exact) mass is 666 g/mol. The number of unbranched alkanes of at least 4 members (excludes halogenated alkanes) is 3. The van der Waals surface area contributed by atoms with Gasteiger partial charge in [-0.15, -0.1) is 43.3 Å². The minimum Gasteiger partial charge on any atom is -0.147 e. The van der Waals surface area contributed by atoms with Crippen molar-refractivity contribution in [2.24, 2.45) is 0 Å². The number of hydrogen-bond acceptors (Lipinski definition) is 0. The molecule has 0 radical (unpaired) electrons. The lowest BCUT2D eigenvalue weighted by atomic mass is 9.80. The second-order valence-electron chi connectivity index (χ2n) is 11.5. The predicted octanol–water partition coefficient (Wildman–Crippen LogP) is 13.1. The molecule has 0 aromatic heterocycles. The lowest BCUT2D eigenvalue weighted by molar-refractivity contribution is 0.500. The Morgan fingerprint density at radius 1 is 0.568 bits per heavy atom. The summed E-state index contributed by atoms with van der Waals surface area (Å²) in [4.78, 5) is 0. The topological polar surface area (TPSA) is 0 Å². The summed E-state index contributed by atoms with van der Waals surface area (Å²) in [5, 5.41) is 0.0240. The third-order valence-electron chi connectivity index (χ3n) is 8.38. The van der Waals surface area contributed by atoms with Gasteiger partial charge in [0.2, 0.25) is 0 Å². The first-order chi connectivity index (χ1) is 20.4. The van der Waals surface area contributed by atoms with Crippen LogP contribution in [-0.2, 0) is 5.16 Å². The average molecular weight is 668 g/mol. The lowest BCUT2D eigenvalue weighted by Gasteiger charge is -2.33. The molecule has 4 rings (SSSR count). The van der Waals surface area contributed by atoms with Crippen molar-refractivity contribution in [2.45, 2.75) is 88.9 Å². The van der Waals surface area contributed by atoms with Crippen molar-refractivity contribution in [1.82, 2.24) is 0 Å². The Balaban J connectivity index is 0.000000472. The van der Waals surface area contributed by atoms with Crippen LogP contribution in [0.1, 0.15) is 95.2 Å². The zero-order chi connectivity index (χ0) is 30.3. The number of hydrogen-bond donors (Lipinski definition) is 0. The van der Waals surface area contributed by atoms with Gasteiger partial charge in [-0.2, -0.15) is 0 Å². The summed E-state index contributed by atoms with van der Waals surface area (Å²) in [6.45, 7) is 11.2. The molecule has 44 heavy (non-hydrogen) atoms. The normalized spacial score (nSPS) is 10.9. The van der Waals surface area contributed by atoms with E-state index in [4.69, 9.17) is 0 Å². The van der Waals surface area contributed by atoms with E-state index < -0.39 is 0 Å². The number of halogens is 2. The van der Waals surface area contributed by atoms with Gasteiger partial charge in [0.05, 0.1) is 5.16 Å². The number of allylic oxidation sites excluding steroid dienone is 1. The van der Waals surface area contributed by atoms with Crippen LogP contribution in [-0.4, -0.2) is 5.16 Å². The SMILES string of the molecule is C=C(CCCC)C(P)(CCCC)CCCC.Cl.Cl.PC(c1ccccc1)(c1ccccc1)c1ccccc1-c1ccccc1. The predicted molar refractivity (Wildman–Crippen MR) is 209 cm³/mol. The van der Waals surface area contributed by atoms with Crippen molar-refractivity contribution in [3.8, 4) is 11.1 Å². The van der Waals surface area contributed by atoms with Gasteiger partial charge in [0.15, 0.2) is 0 Å². The second-order valence-corrected chi connectivity index (χ2v) is 13.5. The first-order valence-electron chi connectivity index (χ1n) is 15.9. The highest BCUT2D eigenvalue weighted by Crippen LogP contribution is 2.48. The molecule has 0 aliphatic rings. The third kappa shape index (κ3) is 10.8. The van der Waals surface area contributed by atoms with E-state index in [1.807, 2.05) is 0 Å². The van der Waals surface area contributed by atoms with Crippen LogP contribution in [0.25, 0.3) is 11.1 Å². The van der Waals surface area contributed by atoms with E-state index in [-0.39, 0.29) is 30.0 Å². The fraction of sp³-hybridized carbons (Fsp3) is 0.350. The van der Waals surface area contributed by atoms with Crippen molar-refractivity contribution in [2.75, 3.05) is 0 Å². The third-order valence-corrected chi connectivity index (χ3v) is 10.3. The molecule has 0 aliphatic heterocycles. The maximum atomic E-state index is 4.35. The van der Waals surface area contributed by atoms with E-state index in [2.05, 4.69) is 161 Å². The highest BCUT2D eigenvalue weighted by Gasteiger charge is 2.33. The first kappa shape index (κ1) is 40.1. The Hall–Kier alpha value is -1.94. The summed E-state index contributed by atoms with van der Waals surface area (Å²) in [5.41, 5.74) is 7.78. The molecule has 2 unspecified atom stereocenters. The zero-order valence-electron chi connectivity index (χ0n) is 27.0. The molecular weight excluding hydrogens is 613 g/mol. The van der Waals surface area contributed by atoms with Crippen LogP contribution in [0.3, 0.4) is 0 Å². The molecule has 0 aliphatic carbocycles. The van der Waals surface area contributed by atoms with Gasteiger partial charge in [-0.1, -0.05) is 180 Å². The van der Waals surface area contributed by atoms with Gasteiger partial charge in [0.1, 0.15) is 0 Å². The smallest absolute Gasteiger partial charge is 0.0597 e. The Morgan fingerprint density at radius 3 is 1.43 bits per heavy atom. The summed E-state index contributed by atoms with van der Waals surface area (Å²) >= 11 is 0. The Labute approximate surface area is 286 Å². The van der Waals surface area contributed by atoms with Gasteiger partial charge < -0.3 is 0 Å². The average Bonchev–Trinajstić information content (AvgIpc) is 3.06. The highest BCUT2D eigenvalue weighted by atomic mass is 35.5. The molecule has 0 amide bonds. The van der Waals surface area contributed by atoms with Crippen LogP contribution < -0.4 is 0 Å². The maximum Gasteiger partial charge on any atom is 0.0597 e. The molecule has 2 atom stereocenters. The first-order valence-corrected chi connectivity index (χ1v) is 17.1. The summed E-state index contributed by atoms with van der Waals surface area (Å²) in [6, 6.07) is 40.8. The van der Waals surface area contributed by atoms with E-state index in [1.165, 1.54) is 91.2 Å². The van der Waals surface area contributed by atoms with Crippen LogP contribution in [0.15, 0.2) is 127 Å². The van der Waals surface area contributed by atoms with Crippen LogP contribution in [0.4, 0.5) is 0 Å². The molecule has 0 N–H and O–H groups in total. The molecule has 0 saturated carbocycles. The summed E-state index contributed by atoms with van der Waals surface area (Å²) < 4.78 is 0. The molecular formula is C40H54Cl2P2. The van der Waals surface area contributed by atoms with Crippen LogP contribution in [0.2, 0.25) is 0 Å². The van der Waals surface area contributed by atoms with E-state index in [0.717, 1.165) is 0 Å². The van der Waals surface area contributed by atoms with Gasteiger partial charge in [0, 0.05) is 5.16 Å². The fourth-order valence-electron chi connectivity index (χ4n) is 5.68. The lowest BCUT2D eigenvalue weighted by Crippen LogP contribution is -2.23. The second kappa shape index (κ2) is 21.0. The van der Waals surface area contributed by atoms with Crippen molar-refractivity contribution in [3.63, 3.8) is 0 Å². The van der Waals surface area contributed by atoms with Gasteiger partial charge in [-0.3, -0.25) is 0 Å². The molecule has 4 aromatic carbocycles. The van der Waals surface area contributed by atoms with E-state index in [1.54, 1.807) is 0 Å². The minimum atomic E-state index is -0.311. The van der Waals surface area contributed by atoms with E-state index in [9.17, 15) is 0 Å². The van der Waals surface area contributed by atoms with Crippen LogP contribution in [0, 0.1) is 0 Å². The quantitative estimate of drug-likeness (QED) is 0.0713. The number of benzene rings is 4. The Kier molecular flexibility index (Phi) is 19.1. The standard InChI is InChI=1S/C25H21P.C15H31P.2ClH/c26-25(21-14-6-2-7-15-21,22-16-8-3-9-17-22)24-19-11-10-18-23(24)20-12-4-1-5-13-20;1-5-8-11-14(4)15(16,12-9-6-2)13-10-7-3;;/h1-19H,26H2;4-13,16H2,1-3H3;2*1H. The molecule has 0 saturated heterocycles. The molecule has 0 bridgehead atoms. The van der Waals surface area contributed by atoms with Gasteiger partial charge in [-0.25, -0.2) is 0 Å². The summed E-state index contributed by atoms with van der Waals surface area (Å²) in [6.07, 6.45) is 11.7. The van der Waals surface area contributed by atoms with Crippen LogP contribution >= 0.6 is 43.3 Å². The molecule has 0 spiro atoms. The van der Waals surface area contributed by atoms with Gasteiger partial charge >= 0.3 is 0 Å². The van der Waals surface area contributed by atoms with E-state index >= 15 is 0 Å². The molecule has 0 heterocycles. The maximum absolute atomic E-state index is 4.35. The Morgan fingerprint density at radius 2 is 0.977 bits per heavy atom.